The van der Waals surface area contributed by atoms with Crippen molar-refractivity contribution in [3.05, 3.63) is 59.7 Å². The Bertz CT molecular complexity index is 564. The molecular formula is C16H18O2S. The highest BCUT2D eigenvalue weighted by molar-refractivity contribution is 7.84. The van der Waals surface area contributed by atoms with Crippen LogP contribution < -0.4 is 4.74 Å². The van der Waals surface area contributed by atoms with E-state index in [-0.39, 0.29) is 0 Å². The zero-order chi connectivity index (χ0) is 13.7. The van der Waals surface area contributed by atoms with Gasteiger partial charge < -0.3 is 4.74 Å². The number of ether oxygens (including phenoxy) is 1. The van der Waals surface area contributed by atoms with E-state index in [1.54, 1.807) is 7.11 Å². The summed E-state index contributed by atoms with van der Waals surface area (Å²) in [4.78, 5) is 0.862. The first-order valence-corrected chi connectivity index (χ1v) is 7.65. The van der Waals surface area contributed by atoms with Crippen LogP contribution in [0.5, 0.6) is 5.75 Å². The fourth-order valence-corrected chi connectivity index (χ4v) is 3.09. The molecule has 1 unspecified atom stereocenters. The minimum absolute atomic E-state index is 0.518. The van der Waals surface area contributed by atoms with E-state index < -0.39 is 10.8 Å². The minimum atomic E-state index is -1.01. The van der Waals surface area contributed by atoms with Crippen LogP contribution in [0, 0.1) is 0 Å². The molecule has 0 radical (unpaired) electrons. The Balaban J connectivity index is 2.18. The van der Waals surface area contributed by atoms with Gasteiger partial charge in [-0.3, -0.25) is 4.21 Å². The van der Waals surface area contributed by atoms with Crippen molar-refractivity contribution >= 4 is 10.8 Å². The number of rotatable bonds is 5. The van der Waals surface area contributed by atoms with Gasteiger partial charge in [-0.05, 0) is 35.7 Å². The summed E-state index contributed by atoms with van der Waals surface area (Å²) in [6.45, 7) is 2.10. The number of hydrogen-bond acceptors (Lipinski definition) is 2. The van der Waals surface area contributed by atoms with Gasteiger partial charge in [-0.25, -0.2) is 0 Å². The normalized spacial score (nSPS) is 12.1. The number of benzene rings is 2. The summed E-state index contributed by atoms with van der Waals surface area (Å²) in [6, 6.07) is 15.6. The molecule has 2 nitrogen and oxygen atoms in total. The standard InChI is InChI=1S/C16H18O2S/c1-3-14-10-9-13(11-16(14)18-2)12-19(17)15-7-5-4-6-8-15/h4-11H,3,12H2,1-2H3. The van der Waals surface area contributed by atoms with Gasteiger partial charge >= 0.3 is 0 Å². The molecule has 0 fully saturated rings. The van der Waals surface area contributed by atoms with Gasteiger partial charge in [0.25, 0.3) is 0 Å². The Morgan fingerprint density at radius 1 is 1.11 bits per heavy atom. The average molecular weight is 274 g/mol. The maximum Gasteiger partial charge on any atom is 0.122 e. The van der Waals surface area contributed by atoms with Crippen molar-refractivity contribution in [3.8, 4) is 5.75 Å². The van der Waals surface area contributed by atoms with Crippen molar-refractivity contribution in [2.75, 3.05) is 7.11 Å². The molecule has 19 heavy (non-hydrogen) atoms. The minimum Gasteiger partial charge on any atom is -0.496 e. The molecule has 0 aliphatic carbocycles. The Hall–Kier alpha value is -1.61. The first-order chi connectivity index (χ1) is 9.24. The van der Waals surface area contributed by atoms with Gasteiger partial charge in [-0.1, -0.05) is 37.3 Å². The Kier molecular flexibility index (Phi) is 4.74. The Morgan fingerprint density at radius 2 is 1.84 bits per heavy atom. The molecule has 1 atom stereocenters. The van der Waals surface area contributed by atoms with E-state index >= 15 is 0 Å². The summed E-state index contributed by atoms with van der Waals surface area (Å²) >= 11 is 0. The molecule has 0 aliphatic rings. The molecule has 2 aromatic carbocycles. The second-order valence-corrected chi connectivity index (χ2v) is 5.75. The Labute approximate surface area is 116 Å². The van der Waals surface area contributed by atoms with Crippen LogP contribution in [0.4, 0.5) is 0 Å². The van der Waals surface area contributed by atoms with Crippen molar-refractivity contribution in [3.63, 3.8) is 0 Å². The van der Waals surface area contributed by atoms with Crippen LogP contribution in [0.2, 0.25) is 0 Å². The fraction of sp³-hybridized carbons (Fsp3) is 0.250. The Morgan fingerprint density at radius 3 is 2.47 bits per heavy atom. The van der Waals surface area contributed by atoms with Crippen molar-refractivity contribution in [1.82, 2.24) is 0 Å². The molecule has 0 spiro atoms. The first kappa shape index (κ1) is 13.8. The van der Waals surface area contributed by atoms with Gasteiger partial charge in [0.15, 0.2) is 0 Å². The SMILES string of the molecule is CCc1ccc(CS(=O)c2ccccc2)cc1OC. The van der Waals surface area contributed by atoms with E-state index in [0.29, 0.717) is 5.75 Å². The number of methoxy groups -OCH3 is 1. The van der Waals surface area contributed by atoms with Crippen LogP contribution in [0.3, 0.4) is 0 Å². The average Bonchev–Trinajstić information content (AvgIpc) is 2.48. The number of aryl methyl sites for hydroxylation is 1. The fourth-order valence-electron chi connectivity index (χ4n) is 1.98. The molecule has 0 amide bonds. The van der Waals surface area contributed by atoms with E-state index in [4.69, 9.17) is 4.74 Å². The van der Waals surface area contributed by atoms with E-state index in [1.807, 2.05) is 42.5 Å². The maximum absolute atomic E-state index is 12.2. The van der Waals surface area contributed by atoms with Crippen molar-refractivity contribution in [2.24, 2.45) is 0 Å². The van der Waals surface area contributed by atoms with Crippen LogP contribution in [0.15, 0.2) is 53.4 Å². The maximum atomic E-state index is 12.2. The molecule has 0 aromatic heterocycles. The lowest BCUT2D eigenvalue weighted by Gasteiger charge is -2.09. The molecular weight excluding hydrogens is 256 g/mol. The van der Waals surface area contributed by atoms with Crippen LogP contribution in [0.25, 0.3) is 0 Å². The van der Waals surface area contributed by atoms with Gasteiger partial charge in [0, 0.05) is 4.90 Å². The topological polar surface area (TPSA) is 26.3 Å². The predicted octanol–water partition coefficient (Wildman–Crippen LogP) is 3.57. The first-order valence-electron chi connectivity index (χ1n) is 6.33. The van der Waals surface area contributed by atoms with Gasteiger partial charge in [0.1, 0.15) is 5.75 Å². The highest BCUT2D eigenvalue weighted by atomic mass is 32.2. The van der Waals surface area contributed by atoms with Crippen molar-refractivity contribution in [2.45, 2.75) is 24.0 Å². The molecule has 2 rings (SSSR count). The summed E-state index contributed by atoms with van der Waals surface area (Å²) in [7, 11) is 0.664. The van der Waals surface area contributed by atoms with Gasteiger partial charge in [0.2, 0.25) is 0 Å². The third kappa shape index (κ3) is 3.44. The zero-order valence-corrected chi connectivity index (χ0v) is 12.1. The summed E-state index contributed by atoms with van der Waals surface area (Å²) < 4.78 is 17.6. The second kappa shape index (κ2) is 6.53. The quantitative estimate of drug-likeness (QED) is 0.833. The highest BCUT2D eigenvalue weighted by Gasteiger charge is 2.07. The van der Waals surface area contributed by atoms with E-state index in [9.17, 15) is 4.21 Å². The van der Waals surface area contributed by atoms with E-state index in [1.165, 1.54) is 5.56 Å². The summed E-state index contributed by atoms with van der Waals surface area (Å²) in [5, 5.41) is 0. The van der Waals surface area contributed by atoms with Gasteiger partial charge in [0.05, 0.1) is 23.7 Å². The summed E-state index contributed by atoms with van der Waals surface area (Å²) in [6.07, 6.45) is 0.936. The summed E-state index contributed by atoms with van der Waals surface area (Å²) in [5.74, 6) is 1.40. The predicted molar refractivity (Wildman–Crippen MR) is 78.9 cm³/mol. The van der Waals surface area contributed by atoms with Crippen LogP contribution >= 0.6 is 0 Å². The number of hydrogen-bond donors (Lipinski definition) is 0. The van der Waals surface area contributed by atoms with Gasteiger partial charge in [-0.15, -0.1) is 0 Å². The van der Waals surface area contributed by atoms with Crippen LogP contribution in [-0.4, -0.2) is 11.3 Å². The van der Waals surface area contributed by atoms with Crippen LogP contribution in [0.1, 0.15) is 18.1 Å². The van der Waals surface area contributed by atoms with Crippen LogP contribution in [-0.2, 0) is 23.0 Å². The lowest BCUT2D eigenvalue weighted by molar-refractivity contribution is 0.410. The molecule has 3 heteroatoms. The molecule has 100 valence electrons. The van der Waals surface area contributed by atoms with E-state index in [2.05, 4.69) is 13.0 Å². The summed E-state index contributed by atoms with van der Waals surface area (Å²) in [5.41, 5.74) is 2.22. The highest BCUT2D eigenvalue weighted by Crippen LogP contribution is 2.22. The molecule has 0 aliphatic heterocycles. The second-order valence-electron chi connectivity index (χ2n) is 4.30. The smallest absolute Gasteiger partial charge is 0.122 e. The molecule has 0 heterocycles. The molecule has 0 saturated heterocycles. The third-order valence-corrected chi connectivity index (χ3v) is 4.43. The van der Waals surface area contributed by atoms with Crippen molar-refractivity contribution in [1.29, 1.82) is 0 Å². The molecule has 0 bridgehead atoms. The third-order valence-electron chi connectivity index (χ3n) is 3.04. The molecule has 2 aromatic rings. The molecule has 0 N–H and O–H groups in total. The lowest BCUT2D eigenvalue weighted by Crippen LogP contribution is -1.98. The largest absolute Gasteiger partial charge is 0.496 e. The van der Waals surface area contributed by atoms with E-state index in [0.717, 1.165) is 22.6 Å². The zero-order valence-electron chi connectivity index (χ0n) is 11.3. The molecule has 0 saturated carbocycles. The van der Waals surface area contributed by atoms with Crippen molar-refractivity contribution < 1.29 is 8.95 Å². The van der Waals surface area contributed by atoms with Gasteiger partial charge in [-0.2, -0.15) is 0 Å². The monoisotopic (exact) mass is 274 g/mol. The lowest BCUT2D eigenvalue weighted by atomic mass is 10.1.